The fraction of sp³-hybridized carbons (Fsp3) is 0.200. The summed E-state index contributed by atoms with van der Waals surface area (Å²) in [5.41, 5.74) is 0.638. The predicted molar refractivity (Wildman–Crippen MR) is 46.9 cm³/mol. The van der Waals surface area contributed by atoms with E-state index in [4.69, 9.17) is 4.74 Å². The molecule has 0 aliphatic rings. The lowest BCUT2D eigenvalue weighted by molar-refractivity contribution is 0.0714. The predicted octanol–water partition coefficient (Wildman–Crippen LogP) is 1.72. The molecule has 0 saturated heterocycles. The number of benzene rings is 1. The summed E-state index contributed by atoms with van der Waals surface area (Å²) in [5, 5.41) is 0. The van der Waals surface area contributed by atoms with E-state index in [0.717, 1.165) is 0 Å². The van der Waals surface area contributed by atoms with Crippen LogP contribution < -0.4 is 0 Å². The van der Waals surface area contributed by atoms with Crippen molar-refractivity contribution in [2.24, 2.45) is 0 Å². The Hall–Kier alpha value is -1.15. The van der Waals surface area contributed by atoms with Crippen LogP contribution >= 0.6 is 0 Å². The van der Waals surface area contributed by atoms with Crippen molar-refractivity contribution in [2.45, 2.75) is 6.10 Å². The number of Topliss-reactive ketones (excluding diaryl/α,β-unsaturated/α-hetero) is 1. The Balaban J connectivity index is 2.79. The van der Waals surface area contributed by atoms with Gasteiger partial charge in [0.05, 0.1) is 0 Å². The molecule has 0 heterocycles. The van der Waals surface area contributed by atoms with Crippen molar-refractivity contribution in [3.63, 3.8) is 0 Å². The molecular formula is C10H11O2. The summed E-state index contributed by atoms with van der Waals surface area (Å²) in [5.74, 6) is -0.0851. The SMILES string of the molecule is [CH2]C(OC)C(=O)c1ccccc1. The van der Waals surface area contributed by atoms with Crippen LogP contribution in [0.5, 0.6) is 0 Å². The molecule has 0 aliphatic heterocycles. The summed E-state index contributed by atoms with van der Waals surface area (Å²) >= 11 is 0. The Morgan fingerprint density at radius 3 is 2.50 bits per heavy atom. The van der Waals surface area contributed by atoms with Gasteiger partial charge in [-0.05, 0) is 6.92 Å². The quantitative estimate of drug-likeness (QED) is 0.634. The van der Waals surface area contributed by atoms with Crippen LogP contribution in [-0.4, -0.2) is 19.0 Å². The lowest BCUT2D eigenvalue weighted by Crippen LogP contribution is -2.19. The van der Waals surface area contributed by atoms with Gasteiger partial charge in [0.25, 0.3) is 0 Å². The first kappa shape index (κ1) is 8.94. The molecule has 0 saturated carbocycles. The van der Waals surface area contributed by atoms with Gasteiger partial charge >= 0.3 is 0 Å². The molecular weight excluding hydrogens is 152 g/mol. The van der Waals surface area contributed by atoms with Gasteiger partial charge in [-0.25, -0.2) is 0 Å². The molecule has 0 fully saturated rings. The first-order chi connectivity index (χ1) is 5.75. The number of ketones is 1. The van der Waals surface area contributed by atoms with Crippen molar-refractivity contribution in [1.29, 1.82) is 0 Å². The number of ether oxygens (including phenoxy) is 1. The van der Waals surface area contributed by atoms with Crippen LogP contribution in [0, 0.1) is 6.92 Å². The fourth-order valence-corrected chi connectivity index (χ4v) is 0.895. The number of hydrogen-bond acceptors (Lipinski definition) is 2. The molecule has 12 heavy (non-hydrogen) atoms. The van der Waals surface area contributed by atoms with Gasteiger partial charge < -0.3 is 4.74 Å². The second kappa shape index (κ2) is 4.02. The molecule has 0 aromatic heterocycles. The molecule has 0 amide bonds. The summed E-state index contributed by atoms with van der Waals surface area (Å²) in [6.07, 6.45) is -0.604. The minimum Gasteiger partial charge on any atom is -0.373 e. The average Bonchev–Trinajstić information content (AvgIpc) is 2.17. The molecule has 1 radical (unpaired) electrons. The third-order valence-corrected chi connectivity index (χ3v) is 1.64. The van der Waals surface area contributed by atoms with Crippen molar-refractivity contribution in [3.05, 3.63) is 42.8 Å². The minimum absolute atomic E-state index is 0.0851. The van der Waals surface area contributed by atoms with Crippen LogP contribution in [0.3, 0.4) is 0 Å². The smallest absolute Gasteiger partial charge is 0.191 e. The van der Waals surface area contributed by atoms with Crippen LogP contribution in [-0.2, 0) is 4.74 Å². The van der Waals surface area contributed by atoms with Crippen LogP contribution in [0.1, 0.15) is 10.4 Å². The van der Waals surface area contributed by atoms with Crippen molar-refractivity contribution in [3.8, 4) is 0 Å². The van der Waals surface area contributed by atoms with E-state index >= 15 is 0 Å². The first-order valence-electron chi connectivity index (χ1n) is 3.71. The van der Waals surface area contributed by atoms with E-state index < -0.39 is 6.10 Å². The highest BCUT2D eigenvalue weighted by Gasteiger charge is 2.12. The van der Waals surface area contributed by atoms with Gasteiger partial charge in [0, 0.05) is 12.7 Å². The third-order valence-electron chi connectivity index (χ3n) is 1.64. The second-order valence-corrected chi connectivity index (χ2v) is 2.45. The molecule has 2 heteroatoms. The lowest BCUT2D eigenvalue weighted by atomic mass is 10.1. The summed E-state index contributed by atoms with van der Waals surface area (Å²) in [6.45, 7) is 3.56. The van der Waals surface area contributed by atoms with Gasteiger partial charge in [-0.15, -0.1) is 0 Å². The van der Waals surface area contributed by atoms with Crippen LogP contribution in [0.25, 0.3) is 0 Å². The van der Waals surface area contributed by atoms with Gasteiger partial charge in [-0.1, -0.05) is 30.3 Å². The highest BCUT2D eigenvalue weighted by Crippen LogP contribution is 2.04. The zero-order valence-corrected chi connectivity index (χ0v) is 6.99. The fourth-order valence-electron chi connectivity index (χ4n) is 0.895. The molecule has 0 bridgehead atoms. The average molecular weight is 163 g/mol. The third kappa shape index (κ3) is 1.92. The molecule has 2 nitrogen and oxygen atoms in total. The Morgan fingerprint density at radius 1 is 1.42 bits per heavy atom. The van der Waals surface area contributed by atoms with E-state index in [1.165, 1.54) is 7.11 Å². The second-order valence-electron chi connectivity index (χ2n) is 2.45. The van der Waals surface area contributed by atoms with Crippen molar-refractivity contribution in [2.75, 3.05) is 7.11 Å². The largest absolute Gasteiger partial charge is 0.373 e. The summed E-state index contributed by atoms with van der Waals surface area (Å²) in [7, 11) is 1.47. The van der Waals surface area contributed by atoms with Crippen molar-refractivity contribution in [1.82, 2.24) is 0 Å². The van der Waals surface area contributed by atoms with Crippen LogP contribution in [0.15, 0.2) is 30.3 Å². The van der Waals surface area contributed by atoms with Gasteiger partial charge in [0.15, 0.2) is 5.78 Å². The Kier molecular flexibility index (Phi) is 3.00. The molecule has 1 aromatic rings. The van der Waals surface area contributed by atoms with E-state index in [0.29, 0.717) is 5.56 Å². The molecule has 0 spiro atoms. The maximum atomic E-state index is 11.4. The molecule has 0 N–H and O–H groups in total. The molecule has 0 aliphatic carbocycles. The minimum atomic E-state index is -0.604. The topological polar surface area (TPSA) is 26.3 Å². The van der Waals surface area contributed by atoms with Crippen LogP contribution in [0.4, 0.5) is 0 Å². The number of carbonyl (C=O) groups is 1. The van der Waals surface area contributed by atoms with E-state index in [9.17, 15) is 4.79 Å². The van der Waals surface area contributed by atoms with Gasteiger partial charge in [-0.2, -0.15) is 0 Å². The van der Waals surface area contributed by atoms with E-state index in [2.05, 4.69) is 6.92 Å². The number of hydrogen-bond donors (Lipinski definition) is 0. The number of carbonyl (C=O) groups excluding carboxylic acids is 1. The molecule has 1 rings (SSSR count). The van der Waals surface area contributed by atoms with Crippen molar-refractivity contribution >= 4 is 5.78 Å². The Bertz CT molecular complexity index is 254. The highest BCUT2D eigenvalue weighted by atomic mass is 16.5. The molecule has 63 valence electrons. The zero-order valence-electron chi connectivity index (χ0n) is 6.99. The normalized spacial score (nSPS) is 12.5. The standard InChI is InChI=1S/C10H11O2/c1-8(12-2)10(11)9-6-4-3-5-7-9/h3-8H,1H2,2H3. The van der Waals surface area contributed by atoms with Gasteiger partial charge in [0.1, 0.15) is 6.10 Å². The maximum absolute atomic E-state index is 11.4. The van der Waals surface area contributed by atoms with Crippen molar-refractivity contribution < 1.29 is 9.53 Å². The zero-order chi connectivity index (χ0) is 8.97. The van der Waals surface area contributed by atoms with E-state index in [-0.39, 0.29) is 5.78 Å². The number of rotatable bonds is 3. The highest BCUT2D eigenvalue weighted by molar-refractivity contribution is 5.99. The van der Waals surface area contributed by atoms with E-state index in [1.807, 2.05) is 18.2 Å². The lowest BCUT2D eigenvalue weighted by Gasteiger charge is -2.06. The summed E-state index contributed by atoms with van der Waals surface area (Å²) < 4.78 is 4.81. The molecule has 1 unspecified atom stereocenters. The van der Waals surface area contributed by atoms with Gasteiger partial charge in [-0.3, -0.25) is 4.79 Å². The summed E-state index contributed by atoms with van der Waals surface area (Å²) in [6, 6.07) is 8.99. The molecule has 1 aromatic carbocycles. The molecule has 1 atom stereocenters. The Labute approximate surface area is 72.2 Å². The Morgan fingerprint density at radius 2 is 2.00 bits per heavy atom. The van der Waals surface area contributed by atoms with Gasteiger partial charge in [0.2, 0.25) is 0 Å². The monoisotopic (exact) mass is 163 g/mol. The van der Waals surface area contributed by atoms with Crippen LogP contribution in [0.2, 0.25) is 0 Å². The number of methoxy groups -OCH3 is 1. The van der Waals surface area contributed by atoms with E-state index in [1.54, 1.807) is 12.1 Å². The summed E-state index contributed by atoms with van der Waals surface area (Å²) in [4.78, 5) is 11.4. The maximum Gasteiger partial charge on any atom is 0.191 e. The first-order valence-corrected chi connectivity index (χ1v) is 3.71.